The molecule has 4 nitrogen and oxygen atoms in total. The molecule has 2 atom stereocenters. The van der Waals surface area contributed by atoms with Crippen LogP contribution in [0.4, 0.5) is 0 Å². The number of nitrogens with one attached hydrogen (secondary N) is 1. The van der Waals surface area contributed by atoms with Crippen LogP contribution in [0, 0.1) is 5.92 Å². The highest BCUT2D eigenvalue weighted by molar-refractivity contribution is 5.72. The van der Waals surface area contributed by atoms with E-state index in [0.29, 0.717) is 0 Å². The topological polar surface area (TPSA) is 58.6 Å². The van der Waals surface area contributed by atoms with Gasteiger partial charge in [0.15, 0.2) is 0 Å². The molecule has 2 N–H and O–H groups in total. The highest BCUT2D eigenvalue weighted by atomic mass is 16.6. The maximum atomic E-state index is 11.5. The molecule has 0 spiro atoms. The zero-order valence-corrected chi connectivity index (χ0v) is 11.2. The number of rotatable bonds is 4. The molecule has 4 heteroatoms. The third-order valence-electron chi connectivity index (χ3n) is 3.07. The molecule has 0 aromatic carbocycles. The lowest BCUT2D eigenvalue weighted by molar-refractivity contribution is -0.153. The third-order valence-corrected chi connectivity index (χ3v) is 3.07. The maximum Gasteiger partial charge on any atom is 0.320 e. The van der Waals surface area contributed by atoms with Gasteiger partial charge in [-0.2, -0.15) is 0 Å². The molecule has 1 fully saturated rings. The molecule has 1 saturated carbocycles. The Kier molecular flexibility index (Phi) is 5.40. The van der Waals surface area contributed by atoms with Gasteiger partial charge in [-0.25, -0.2) is 0 Å². The quantitative estimate of drug-likeness (QED) is 0.734. The fourth-order valence-corrected chi connectivity index (χ4v) is 2.29. The number of carbonyl (C=O) groups excluding carboxylic acids is 1. The van der Waals surface area contributed by atoms with Gasteiger partial charge < -0.3 is 15.2 Å². The van der Waals surface area contributed by atoms with Crippen LogP contribution in [-0.4, -0.2) is 35.9 Å². The van der Waals surface area contributed by atoms with Crippen molar-refractivity contribution in [3.05, 3.63) is 0 Å². The van der Waals surface area contributed by atoms with Gasteiger partial charge in [0.1, 0.15) is 5.60 Å². The van der Waals surface area contributed by atoms with E-state index in [0.717, 1.165) is 12.8 Å². The number of hydrogen-bond acceptors (Lipinski definition) is 4. The van der Waals surface area contributed by atoms with Crippen LogP contribution >= 0.6 is 0 Å². The van der Waals surface area contributed by atoms with E-state index in [4.69, 9.17) is 4.74 Å². The van der Waals surface area contributed by atoms with E-state index in [1.54, 1.807) is 0 Å². The molecule has 1 aliphatic rings. The molecule has 0 aliphatic heterocycles. The van der Waals surface area contributed by atoms with E-state index >= 15 is 0 Å². The van der Waals surface area contributed by atoms with Crippen LogP contribution in [0.1, 0.15) is 46.5 Å². The Labute approximate surface area is 104 Å². The van der Waals surface area contributed by atoms with Crippen molar-refractivity contribution in [2.45, 2.75) is 58.1 Å². The summed E-state index contributed by atoms with van der Waals surface area (Å²) in [6.45, 7) is 6.02. The smallest absolute Gasteiger partial charge is 0.320 e. The number of hydrogen-bond donors (Lipinski definition) is 2. The molecule has 0 saturated heterocycles. The lowest BCUT2D eigenvalue weighted by Crippen LogP contribution is -2.43. The van der Waals surface area contributed by atoms with Crippen LogP contribution in [0.2, 0.25) is 0 Å². The van der Waals surface area contributed by atoms with Gasteiger partial charge in [0, 0.05) is 12.6 Å². The SMILES string of the molecule is CC(C)(C)OC(=O)CNC1CCCCC1CO. The summed E-state index contributed by atoms with van der Waals surface area (Å²) in [4.78, 5) is 11.5. The standard InChI is InChI=1S/C13H25NO3/c1-13(2,3)17-12(16)8-14-11-7-5-4-6-10(11)9-15/h10-11,14-15H,4-9H2,1-3H3. The van der Waals surface area contributed by atoms with Gasteiger partial charge in [0.25, 0.3) is 0 Å². The van der Waals surface area contributed by atoms with Crippen LogP contribution in [0.3, 0.4) is 0 Å². The molecule has 0 radical (unpaired) electrons. The number of aliphatic hydroxyl groups is 1. The summed E-state index contributed by atoms with van der Waals surface area (Å²) in [6, 6.07) is 0.251. The van der Waals surface area contributed by atoms with Gasteiger partial charge in [0.2, 0.25) is 0 Å². The Hall–Kier alpha value is -0.610. The minimum Gasteiger partial charge on any atom is -0.459 e. The first kappa shape index (κ1) is 14.5. The van der Waals surface area contributed by atoms with Crippen LogP contribution < -0.4 is 5.32 Å². The Morgan fingerprint density at radius 2 is 2.00 bits per heavy atom. The zero-order valence-electron chi connectivity index (χ0n) is 11.2. The van der Waals surface area contributed by atoms with E-state index in [9.17, 15) is 9.90 Å². The molecule has 2 unspecified atom stereocenters. The number of carbonyl (C=O) groups is 1. The average Bonchev–Trinajstić information content (AvgIpc) is 2.24. The van der Waals surface area contributed by atoms with Gasteiger partial charge in [-0.3, -0.25) is 4.79 Å². The summed E-state index contributed by atoms with van der Waals surface area (Å²) in [5, 5.41) is 12.5. The summed E-state index contributed by atoms with van der Waals surface area (Å²) in [6.07, 6.45) is 4.43. The van der Waals surface area contributed by atoms with E-state index in [1.165, 1.54) is 12.8 Å². The second-order valence-electron chi connectivity index (χ2n) is 5.80. The van der Waals surface area contributed by atoms with E-state index in [1.807, 2.05) is 20.8 Å². The average molecular weight is 243 g/mol. The van der Waals surface area contributed by atoms with Gasteiger partial charge in [-0.05, 0) is 39.5 Å². The molecule has 0 heterocycles. The molecule has 0 aromatic heterocycles. The lowest BCUT2D eigenvalue weighted by atomic mass is 9.85. The highest BCUT2D eigenvalue weighted by Gasteiger charge is 2.25. The highest BCUT2D eigenvalue weighted by Crippen LogP contribution is 2.23. The number of esters is 1. The first-order valence-corrected chi connectivity index (χ1v) is 6.48. The van der Waals surface area contributed by atoms with E-state index < -0.39 is 5.60 Å². The molecule has 0 aromatic rings. The predicted molar refractivity (Wildman–Crippen MR) is 66.7 cm³/mol. The Morgan fingerprint density at radius 3 is 2.59 bits per heavy atom. The minimum atomic E-state index is -0.429. The van der Waals surface area contributed by atoms with Crippen molar-refractivity contribution in [1.29, 1.82) is 0 Å². The molecular weight excluding hydrogens is 218 g/mol. The minimum absolute atomic E-state index is 0.200. The van der Waals surface area contributed by atoms with Crippen molar-refractivity contribution in [1.82, 2.24) is 5.32 Å². The van der Waals surface area contributed by atoms with Crippen molar-refractivity contribution in [3.63, 3.8) is 0 Å². The molecule has 0 bridgehead atoms. The van der Waals surface area contributed by atoms with Crippen molar-refractivity contribution < 1.29 is 14.6 Å². The number of ether oxygens (including phenoxy) is 1. The van der Waals surface area contributed by atoms with Gasteiger partial charge in [-0.1, -0.05) is 12.8 Å². The Balaban J connectivity index is 2.31. The molecule has 100 valence electrons. The molecule has 1 aliphatic carbocycles. The lowest BCUT2D eigenvalue weighted by Gasteiger charge is -2.31. The Bertz CT molecular complexity index is 248. The molecule has 0 amide bonds. The molecule has 17 heavy (non-hydrogen) atoms. The number of aliphatic hydroxyl groups excluding tert-OH is 1. The summed E-state index contributed by atoms with van der Waals surface area (Å²) in [5.74, 6) is 0.0611. The largest absolute Gasteiger partial charge is 0.459 e. The zero-order chi connectivity index (χ0) is 12.9. The summed E-state index contributed by atoms with van der Waals surface area (Å²) < 4.78 is 5.23. The monoisotopic (exact) mass is 243 g/mol. The first-order valence-electron chi connectivity index (χ1n) is 6.48. The van der Waals surface area contributed by atoms with Crippen LogP contribution in [0.5, 0.6) is 0 Å². The Morgan fingerprint density at radius 1 is 1.35 bits per heavy atom. The van der Waals surface area contributed by atoms with Crippen LogP contribution in [0.15, 0.2) is 0 Å². The first-order chi connectivity index (χ1) is 7.92. The normalized spacial score (nSPS) is 25.6. The van der Waals surface area contributed by atoms with E-state index in [2.05, 4.69) is 5.32 Å². The van der Waals surface area contributed by atoms with Crippen LogP contribution in [0.25, 0.3) is 0 Å². The summed E-state index contributed by atoms with van der Waals surface area (Å²) in [5.41, 5.74) is -0.429. The maximum absolute atomic E-state index is 11.5. The third kappa shape index (κ3) is 5.50. The van der Waals surface area contributed by atoms with Gasteiger partial charge in [-0.15, -0.1) is 0 Å². The summed E-state index contributed by atoms with van der Waals surface area (Å²) >= 11 is 0. The fourth-order valence-electron chi connectivity index (χ4n) is 2.29. The summed E-state index contributed by atoms with van der Waals surface area (Å²) in [7, 11) is 0. The van der Waals surface area contributed by atoms with Crippen molar-refractivity contribution in [3.8, 4) is 0 Å². The van der Waals surface area contributed by atoms with Crippen LogP contribution in [-0.2, 0) is 9.53 Å². The molecule has 1 rings (SSSR count). The van der Waals surface area contributed by atoms with Gasteiger partial charge >= 0.3 is 5.97 Å². The predicted octanol–water partition coefficient (Wildman–Crippen LogP) is 1.47. The van der Waals surface area contributed by atoms with Crippen molar-refractivity contribution in [2.75, 3.05) is 13.2 Å². The second kappa shape index (κ2) is 6.36. The van der Waals surface area contributed by atoms with Gasteiger partial charge in [0.05, 0.1) is 6.54 Å². The molecular formula is C13H25NO3. The van der Waals surface area contributed by atoms with Crippen molar-refractivity contribution in [2.24, 2.45) is 5.92 Å². The fraction of sp³-hybridized carbons (Fsp3) is 0.923. The van der Waals surface area contributed by atoms with E-state index in [-0.39, 0.29) is 31.1 Å². The second-order valence-corrected chi connectivity index (χ2v) is 5.80. The van der Waals surface area contributed by atoms with Crippen molar-refractivity contribution >= 4 is 5.97 Å².